The number of likely N-dealkylation sites (N-methyl/N-ethyl adjacent to an activating group) is 1. The Morgan fingerprint density at radius 1 is 1.42 bits per heavy atom. The van der Waals surface area contributed by atoms with Crippen LogP contribution in [0.25, 0.3) is 0 Å². The minimum Gasteiger partial charge on any atom is -0.386 e. The smallest absolute Gasteiger partial charge is 0.222 e. The van der Waals surface area contributed by atoms with Gasteiger partial charge in [0.1, 0.15) is 11.4 Å². The molecule has 2 aromatic rings. The Balaban J connectivity index is 1.53. The van der Waals surface area contributed by atoms with Crippen LogP contribution in [0, 0.1) is 6.92 Å². The highest BCUT2D eigenvalue weighted by Gasteiger charge is 2.38. The van der Waals surface area contributed by atoms with E-state index in [0.29, 0.717) is 32.4 Å². The number of carbonyl (C=O) groups excluding carboxylic acids is 1. The summed E-state index contributed by atoms with van der Waals surface area (Å²) in [7, 11) is 3.65. The van der Waals surface area contributed by atoms with Gasteiger partial charge in [0.05, 0.1) is 12.2 Å². The van der Waals surface area contributed by atoms with Crippen LogP contribution in [0.5, 0.6) is 0 Å². The number of pyridine rings is 1. The molecule has 1 atom stereocenters. The molecule has 1 unspecified atom stereocenters. The summed E-state index contributed by atoms with van der Waals surface area (Å²) in [4.78, 5) is 20.5. The number of amides is 1. The van der Waals surface area contributed by atoms with Crippen LogP contribution in [-0.2, 0) is 18.3 Å². The van der Waals surface area contributed by atoms with E-state index in [1.54, 1.807) is 22.8 Å². The molecule has 1 aliphatic rings. The fourth-order valence-electron chi connectivity index (χ4n) is 3.58. The van der Waals surface area contributed by atoms with Gasteiger partial charge >= 0.3 is 0 Å². The molecule has 0 aliphatic carbocycles. The van der Waals surface area contributed by atoms with Crippen LogP contribution in [0.3, 0.4) is 0 Å². The highest BCUT2D eigenvalue weighted by molar-refractivity contribution is 5.76. The van der Waals surface area contributed by atoms with Gasteiger partial charge in [0.2, 0.25) is 5.91 Å². The summed E-state index contributed by atoms with van der Waals surface area (Å²) >= 11 is 0. The number of anilines is 1. The number of aryl methyl sites for hydroxylation is 3. The Labute approximate surface area is 154 Å². The number of β-amino-alcohol motifs (C(OH)–C–C–N with tert-alkyl or cyclic N) is 1. The number of carbonyl (C=O) groups is 1. The van der Waals surface area contributed by atoms with Crippen molar-refractivity contribution in [2.75, 3.05) is 31.6 Å². The summed E-state index contributed by atoms with van der Waals surface area (Å²) < 4.78 is 1.77. The molecule has 7 nitrogen and oxygen atoms in total. The molecule has 1 fully saturated rings. The van der Waals surface area contributed by atoms with Crippen molar-refractivity contribution in [2.45, 2.75) is 31.8 Å². The second-order valence-corrected chi connectivity index (χ2v) is 7.25. The summed E-state index contributed by atoms with van der Waals surface area (Å²) in [6.07, 6.45) is 5.42. The van der Waals surface area contributed by atoms with Crippen molar-refractivity contribution >= 4 is 11.7 Å². The van der Waals surface area contributed by atoms with Gasteiger partial charge in [-0.25, -0.2) is 4.98 Å². The quantitative estimate of drug-likeness (QED) is 0.840. The molecule has 3 rings (SSSR count). The van der Waals surface area contributed by atoms with E-state index in [2.05, 4.69) is 15.0 Å². The average Bonchev–Trinajstić information content (AvgIpc) is 3.15. The molecule has 0 saturated carbocycles. The molecule has 2 aromatic heterocycles. The maximum Gasteiger partial charge on any atom is 0.222 e. The van der Waals surface area contributed by atoms with Crippen molar-refractivity contribution in [3.05, 3.63) is 41.9 Å². The van der Waals surface area contributed by atoms with Crippen LogP contribution in [-0.4, -0.2) is 63.0 Å². The maximum absolute atomic E-state index is 12.5. The predicted molar refractivity (Wildman–Crippen MR) is 99.9 cm³/mol. The normalized spacial score (nSPS) is 19.8. The Morgan fingerprint density at radius 2 is 2.23 bits per heavy atom. The summed E-state index contributed by atoms with van der Waals surface area (Å²) in [5.74, 6) is 0.905. The number of nitrogens with zero attached hydrogens (tertiary/aromatic N) is 5. The third-order valence-electron chi connectivity index (χ3n) is 4.99. The van der Waals surface area contributed by atoms with Gasteiger partial charge in [-0.1, -0.05) is 6.07 Å². The SMILES string of the molecule is Cc1nn(C)cc1CCC(=O)N(C)CC1(O)CCN(c2ccccn2)C1. The van der Waals surface area contributed by atoms with Crippen molar-refractivity contribution in [3.63, 3.8) is 0 Å². The fourth-order valence-corrected chi connectivity index (χ4v) is 3.58. The first-order valence-corrected chi connectivity index (χ1v) is 8.98. The van der Waals surface area contributed by atoms with E-state index in [1.807, 2.05) is 38.4 Å². The molecule has 0 radical (unpaired) electrons. The Morgan fingerprint density at radius 3 is 2.88 bits per heavy atom. The third-order valence-corrected chi connectivity index (χ3v) is 4.99. The molecule has 1 aliphatic heterocycles. The monoisotopic (exact) mass is 357 g/mol. The molecule has 7 heteroatoms. The van der Waals surface area contributed by atoms with Crippen LogP contribution in [0.2, 0.25) is 0 Å². The van der Waals surface area contributed by atoms with E-state index < -0.39 is 5.60 Å². The molecule has 0 bridgehead atoms. The second kappa shape index (κ2) is 7.45. The molecular weight excluding hydrogens is 330 g/mol. The van der Waals surface area contributed by atoms with E-state index in [-0.39, 0.29) is 5.91 Å². The lowest BCUT2D eigenvalue weighted by atomic mass is 10.0. The van der Waals surface area contributed by atoms with Crippen LogP contribution < -0.4 is 4.90 Å². The molecule has 26 heavy (non-hydrogen) atoms. The lowest BCUT2D eigenvalue weighted by Crippen LogP contribution is -2.46. The number of aromatic nitrogens is 3. The van der Waals surface area contributed by atoms with Crippen molar-refractivity contribution < 1.29 is 9.90 Å². The van der Waals surface area contributed by atoms with E-state index in [0.717, 1.165) is 23.6 Å². The largest absolute Gasteiger partial charge is 0.386 e. The Hall–Kier alpha value is -2.41. The molecule has 1 amide bonds. The fraction of sp³-hybridized carbons (Fsp3) is 0.526. The van der Waals surface area contributed by atoms with Crippen LogP contribution in [0.15, 0.2) is 30.6 Å². The maximum atomic E-state index is 12.5. The third kappa shape index (κ3) is 4.22. The van der Waals surface area contributed by atoms with Crippen molar-refractivity contribution in [2.24, 2.45) is 7.05 Å². The number of hydrogen-bond donors (Lipinski definition) is 1. The summed E-state index contributed by atoms with van der Waals surface area (Å²) in [6.45, 7) is 3.52. The first-order valence-electron chi connectivity index (χ1n) is 8.98. The summed E-state index contributed by atoms with van der Waals surface area (Å²) in [6, 6.07) is 5.76. The van der Waals surface area contributed by atoms with Gasteiger partial charge < -0.3 is 14.9 Å². The summed E-state index contributed by atoms with van der Waals surface area (Å²) in [5.41, 5.74) is 1.16. The van der Waals surface area contributed by atoms with Crippen LogP contribution >= 0.6 is 0 Å². The lowest BCUT2D eigenvalue weighted by Gasteiger charge is -2.29. The molecular formula is C19H27N5O2. The first-order chi connectivity index (χ1) is 12.4. The number of rotatable bonds is 6. The molecule has 3 heterocycles. The van der Waals surface area contributed by atoms with Gasteiger partial charge in [0, 0.05) is 46.0 Å². The van der Waals surface area contributed by atoms with E-state index in [9.17, 15) is 9.90 Å². The van der Waals surface area contributed by atoms with Crippen molar-refractivity contribution in [1.82, 2.24) is 19.7 Å². The molecule has 1 saturated heterocycles. The van der Waals surface area contributed by atoms with Gasteiger partial charge in [-0.05, 0) is 37.5 Å². The highest BCUT2D eigenvalue weighted by atomic mass is 16.3. The molecule has 0 aromatic carbocycles. The zero-order chi connectivity index (χ0) is 18.7. The first kappa shape index (κ1) is 18.4. The van der Waals surface area contributed by atoms with E-state index in [4.69, 9.17) is 0 Å². The Bertz CT molecular complexity index is 761. The minimum absolute atomic E-state index is 0.0398. The number of hydrogen-bond acceptors (Lipinski definition) is 5. The van der Waals surface area contributed by atoms with Gasteiger partial charge in [0.25, 0.3) is 0 Å². The topological polar surface area (TPSA) is 74.5 Å². The highest BCUT2D eigenvalue weighted by Crippen LogP contribution is 2.26. The second-order valence-electron chi connectivity index (χ2n) is 7.25. The summed E-state index contributed by atoms with van der Waals surface area (Å²) in [5, 5.41) is 15.2. The standard InChI is InChI=1S/C19H27N5O2/c1-15-16(12-23(3)21-15)7-8-18(25)22(2)13-19(26)9-11-24(14-19)17-6-4-5-10-20-17/h4-6,10,12,26H,7-9,11,13-14H2,1-3H3. The Kier molecular flexibility index (Phi) is 5.27. The van der Waals surface area contributed by atoms with Crippen molar-refractivity contribution in [3.8, 4) is 0 Å². The van der Waals surface area contributed by atoms with Crippen molar-refractivity contribution in [1.29, 1.82) is 0 Å². The van der Waals surface area contributed by atoms with Gasteiger partial charge in [-0.15, -0.1) is 0 Å². The minimum atomic E-state index is -0.897. The zero-order valence-corrected chi connectivity index (χ0v) is 15.7. The van der Waals surface area contributed by atoms with E-state index >= 15 is 0 Å². The van der Waals surface area contributed by atoms with Crippen LogP contribution in [0.1, 0.15) is 24.1 Å². The average molecular weight is 357 g/mol. The van der Waals surface area contributed by atoms with Gasteiger partial charge in [-0.3, -0.25) is 9.48 Å². The number of aliphatic hydroxyl groups is 1. The lowest BCUT2D eigenvalue weighted by molar-refractivity contribution is -0.132. The van der Waals surface area contributed by atoms with E-state index in [1.165, 1.54) is 0 Å². The molecule has 140 valence electrons. The van der Waals surface area contributed by atoms with Gasteiger partial charge in [0.15, 0.2) is 0 Å². The zero-order valence-electron chi connectivity index (χ0n) is 15.7. The predicted octanol–water partition coefficient (Wildman–Crippen LogP) is 1.16. The molecule has 0 spiro atoms. The van der Waals surface area contributed by atoms with Gasteiger partial charge in [-0.2, -0.15) is 5.10 Å². The van der Waals surface area contributed by atoms with Crippen LogP contribution in [0.4, 0.5) is 5.82 Å². The molecule has 1 N–H and O–H groups in total.